The highest BCUT2D eigenvalue weighted by molar-refractivity contribution is 5.79. The number of aldehydes is 1. The molecule has 0 atom stereocenters. The number of benzene rings is 1. The fourth-order valence-corrected chi connectivity index (χ4v) is 1.13. The fraction of sp³-hybridized carbons (Fsp3) is 0.300. The lowest BCUT2D eigenvalue weighted by atomic mass is 10.0. The number of rotatable bonds is 2. The topological polar surface area (TPSA) is 37.3 Å². The standard InChI is InChI=1S/C10H11FO2/c1-6(2)8-4-10(13)7(5-12)3-9(8)11/h3-6,13H,1-2H3. The van der Waals surface area contributed by atoms with Crippen molar-refractivity contribution in [3.63, 3.8) is 0 Å². The van der Waals surface area contributed by atoms with Gasteiger partial charge in [-0.1, -0.05) is 13.8 Å². The van der Waals surface area contributed by atoms with Crippen LogP contribution in [0.15, 0.2) is 12.1 Å². The number of phenolic OH excluding ortho intramolecular Hbond substituents is 1. The molecule has 0 saturated heterocycles. The first-order valence-electron chi connectivity index (χ1n) is 4.04. The summed E-state index contributed by atoms with van der Waals surface area (Å²) in [5.74, 6) is -0.624. The van der Waals surface area contributed by atoms with Gasteiger partial charge in [0.2, 0.25) is 0 Å². The highest BCUT2D eigenvalue weighted by atomic mass is 19.1. The quantitative estimate of drug-likeness (QED) is 0.713. The Morgan fingerprint density at radius 2 is 2.08 bits per heavy atom. The monoisotopic (exact) mass is 182 g/mol. The van der Waals surface area contributed by atoms with Crippen molar-refractivity contribution >= 4 is 6.29 Å². The Morgan fingerprint density at radius 1 is 1.46 bits per heavy atom. The molecule has 0 aliphatic rings. The molecule has 2 nitrogen and oxygen atoms in total. The molecule has 1 rings (SSSR count). The first-order chi connectivity index (χ1) is 6.06. The van der Waals surface area contributed by atoms with Gasteiger partial charge in [0.05, 0.1) is 5.56 Å². The predicted octanol–water partition coefficient (Wildman–Crippen LogP) is 2.47. The van der Waals surface area contributed by atoms with Crippen molar-refractivity contribution < 1.29 is 14.3 Å². The molecule has 0 amide bonds. The van der Waals surface area contributed by atoms with Crippen LogP contribution in [0.4, 0.5) is 4.39 Å². The van der Waals surface area contributed by atoms with Crippen LogP contribution in [0.1, 0.15) is 35.7 Å². The molecule has 1 aromatic carbocycles. The van der Waals surface area contributed by atoms with Crippen LogP contribution in [0, 0.1) is 5.82 Å². The molecular weight excluding hydrogens is 171 g/mol. The van der Waals surface area contributed by atoms with Gasteiger partial charge in [-0.15, -0.1) is 0 Å². The summed E-state index contributed by atoms with van der Waals surface area (Å²) in [6.07, 6.45) is 0.433. The van der Waals surface area contributed by atoms with Gasteiger partial charge < -0.3 is 5.11 Å². The van der Waals surface area contributed by atoms with Gasteiger partial charge in [0, 0.05) is 0 Å². The maximum atomic E-state index is 13.2. The molecule has 0 heterocycles. The van der Waals surface area contributed by atoms with E-state index in [0.717, 1.165) is 6.07 Å². The van der Waals surface area contributed by atoms with Crippen LogP contribution >= 0.6 is 0 Å². The third-order valence-electron chi connectivity index (χ3n) is 1.89. The molecular formula is C10H11FO2. The van der Waals surface area contributed by atoms with E-state index in [2.05, 4.69) is 0 Å². The van der Waals surface area contributed by atoms with E-state index in [-0.39, 0.29) is 17.2 Å². The first-order valence-corrected chi connectivity index (χ1v) is 4.04. The predicted molar refractivity (Wildman–Crippen MR) is 47.5 cm³/mol. The number of phenols is 1. The molecule has 0 aliphatic carbocycles. The lowest BCUT2D eigenvalue weighted by molar-refractivity contribution is 0.112. The van der Waals surface area contributed by atoms with Crippen LogP contribution in [0.2, 0.25) is 0 Å². The summed E-state index contributed by atoms with van der Waals surface area (Å²) in [4.78, 5) is 10.3. The van der Waals surface area contributed by atoms with Crippen LogP contribution in [-0.2, 0) is 0 Å². The highest BCUT2D eigenvalue weighted by Crippen LogP contribution is 2.25. The maximum absolute atomic E-state index is 13.2. The molecule has 0 aromatic heterocycles. The molecule has 0 unspecified atom stereocenters. The largest absolute Gasteiger partial charge is 0.507 e. The van der Waals surface area contributed by atoms with Crippen LogP contribution in [0.25, 0.3) is 0 Å². The fourth-order valence-electron chi connectivity index (χ4n) is 1.13. The van der Waals surface area contributed by atoms with Gasteiger partial charge in [0.25, 0.3) is 0 Å². The average molecular weight is 182 g/mol. The minimum Gasteiger partial charge on any atom is -0.507 e. The second-order valence-electron chi connectivity index (χ2n) is 3.21. The van der Waals surface area contributed by atoms with Crippen LogP contribution in [0.3, 0.4) is 0 Å². The third-order valence-corrected chi connectivity index (χ3v) is 1.89. The van der Waals surface area contributed by atoms with Crippen molar-refractivity contribution in [3.05, 3.63) is 29.1 Å². The Morgan fingerprint density at radius 3 is 2.54 bits per heavy atom. The molecule has 0 radical (unpaired) electrons. The Hall–Kier alpha value is -1.38. The number of carbonyl (C=O) groups excluding carboxylic acids is 1. The molecule has 0 bridgehead atoms. The van der Waals surface area contributed by atoms with Crippen molar-refractivity contribution in [2.24, 2.45) is 0 Å². The zero-order valence-electron chi connectivity index (χ0n) is 7.54. The lowest BCUT2D eigenvalue weighted by Gasteiger charge is -2.08. The summed E-state index contributed by atoms with van der Waals surface area (Å²) in [7, 11) is 0. The summed E-state index contributed by atoms with van der Waals surface area (Å²) >= 11 is 0. The minimum absolute atomic E-state index is 0.00778. The molecule has 0 spiro atoms. The van der Waals surface area contributed by atoms with E-state index in [1.165, 1.54) is 6.07 Å². The van der Waals surface area contributed by atoms with Gasteiger partial charge in [-0.25, -0.2) is 4.39 Å². The molecule has 0 aliphatic heterocycles. The Bertz CT molecular complexity index is 332. The summed E-state index contributed by atoms with van der Waals surface area (Å²) in [5.41, 5.74) is 0.407. The van der Waals surface area contributed by atoms with E-state index in [4.69, 9.17) is 0 Å². The molecule has 0 saturated carbocycles. The SMILES string of the molecule is CC(C)c1cc(O)c(C=O)cc1F. The molecule has 0 fully saturated rings. The molecule has 13 heavy (non-hydrogen) atoms. The normalized spacial score (nSPS) is 10.5. The number of hydrogen-bond acceptors (Lipinski definition) is 2. The zero-order chi connectivity index (χ0) is 10.0. The van der Waals surface area contributed by atoms with Gasteiger partial charge in [0.1, 0.15) is 11.6 Å². The Kier molecular flexibility index (Phi) is 2.66. The van der Waals surface area contributed by atoms with E-state index in [1.54, 1.807) is 0 Å². The van der Waals surface area contributed by atoms with E-state index < -0.39 is 5.82 Å². The summed E-state index contributed by atoms with van der Waals surface area (Å²) in [6.45, 7) is 3.64. The third kappa shape index (κ3) is 1.86. The molecule has 70 valence electrons. The second-order valence-corrected chi connectivity index (χ2v) is 3.21. The minimum atomic E-state index is -0.449. The van der Waals surface area contributed by atoms with Crippen LogP contribution < -0.4 is 0 Å². The number of carbonyl (C=O) groups is 1. The van der Waals surface area contributed by atoms with Crippen molar-refractivity contribution in [2.75, 3.05) is 0 Å². The van der Waals surface area contributed by atoms with Gasteiger partial charge in [0.15, 0.2) is 6.29 Å². The summed E-state index contributed by atoms with van der Waals surface area (Å²) in [5, 5.41) is 9.27. The summed E-state index contributed by atoms with van der Waals surface area (Å²) < 4.78 is 13.2. The van der Waals surface area contributed by atoms with Gasteiger partial charge in [-0.05, 0) is 23.6 Å². The van der Waals surface area contributed by atoms with Gasteiger partial charge >= 0.3 is 0 Å². The number of aromatic hydroxyl groups is 1. The second kappa shape index (κ2) is 3.56. The average Bonchev–Trinajstić information content (AvgIpc) is 2.07. The van der Waals surface area contributed by atoms with Crippen molar-refractivity contribution in [3.8, 4) is 5.75 Å². The zero-order valence-corrected chi connectivity index (χ0v) is 7.54. The Balaban J connectivity index is 3.28. The smallest absolute Gasteiger partial charge is 0.153 e. The van der Waals surface area contributed by atoms with Gasteiger partial charge in [-0.3, -0.25) is 4.79 Å². The molecule has 3 heteroatoms. The van der Waals surface area contributed by atoms with E-state index in [1.807, 2.05) is 13.8 Å². The van der Waals surface area contributed by atoms with Crippen molar-refractivity contribution in [1.82, 2.24) is 0 Å². The summed E-state index contributed by atoms with van der Waals surface area (Å²) in [6, 6.07) is 2.35. The molecule has 1 aromatic rings. The lowest BCUT2D eigenvalue weighted by Crippen LogP contribution is -1.95. The highest BCUT2D eigenvalue weighted by Gasteiger charge is 2.10. The van der Waals surface area contributed by atoms with E-state index in [0.29, 0.717) is 11.8 Å². The number of hydrogen-bond donors (Lipinski definition) is 1. The first kappa shape index (κ1) is 9.71. The van der Waals surface area contributed by atoms with E-state index >= 15 is 0 Å². The van der Waals surface area contributed by atoms with Crippen LogP contribution in [-0.4, -0.2) is 11.4 Å². The Labute approximate surface area is 76.0 Å². The molecule has 1 N–H and O–H groups in total. The van der Waals surface area contributed by atoms with Crippen LogP contribution in [0.5, 0.6) is 5.75 Å². The van der Waals surface area contributed by atoms with E-state index in [9.17, 15) is 14.3 Å². The maximum Gasteiger partial charge on any atom is 0.153 e. The van der Waals surface area contributed by atoms with Crippen molar-refractivity contribution in [2.45, 2.75) is 19.8 Å². The van der Waals surface area contributed by atoms with Crippen molar-refractivity contribution in [1.29, 1.82) is 0 Å². The number of halogens is 1. The van der Waals surface area contributed by atoms with Gasteiger partial charge in [-0.2, -0.15) is 0 Å².